The summed E-state index contributed by atoms with van der Waals surface area (Å²) in [4.78, 5) is 27.3. The van der Waals surface area contributed by atoms with Crippen LogP contribution in [-0.2, 0) is 20.2 Å². The second-order valence-corrected chi connectivity index (χ2v) is 10.8. The van der Waals surface area contributed by atoms with E-state index in [1.54, 1.807) is 18.2 Å². The standard InChI is InChI=1S/C24H25N3O4S/c1-24(13-14-6-2-3-7-14)17-9-5-4-8-16(17)21(28)20(22(24)29)23-26-18-11-10-15(25)12-19(18)32(30,31)27-23/h4-5,8-12,14,20H,2-3,6-7,13,25H2,1H3,(H,26,27). The van der Waals surface area contributed by atoms with Gasteiger partial charge in [-0.2, -0.15) is 8.42 Å². The first-order valence-electron chi connectivity index (χ1n) is 10.9. The highest BCUT2D eigenvalue weighted by Crippen LogP contribution is 2.45. The summed E-state index contributed by atoms with van der Waals surface area (Å²) >= 11 is 0. The molecule has 166 valence electrons. The maximum Gasteiger partial charge on any atom is 0.286 e. The normalized spacial score (nSPS) is 26.8. The molecule has 0 amide bonds. The number of hydrogen-bond donors (Lipinski definition) is 2. The molecule has 3 aliphatic rings. The molecule has 1 heterocycles. The average molecular weight is 452 g/mol. The van der Waals surface area contributed by atoms with Crippen molar-refractivity contribution in [2.75, 3.05) is 11.1 Å². The fraction of sp³-hybridized carbons (Fsp3) is 0.375. The van der Waals surface area contributed by atoms with Crippen molar-refractivity contribution in [2.45, 2.75) is 49.3 Å². The van der Waals surface area contributed by atoms with Crippen LogP contribution in [0.4, 0.5) is 11.4 Å². The minimum atomic E-state index is -4.11. The van der Waals surface area contributed by atoms with E-state index in [1.165, 1.54) is 12.1 Å². The molecule has 0 aromatic heterocycles. The number of Topliss-reactive ketones (excluding diaryl/α,β-unsaturated/α-hetero) is 2. The fourth-order valence-corrected chi connectivity index (χ4v) is 6.67. The number of benzene rings is 2. The van der Waals surface area contributed by atoms with Crippen LogP contribution in [0.15, 0.2) is 51.8 Å². The molecular weight excluding hydrogens is 426 g/mol. The van der Waals surface area contributed by atoms with E-state index in [0.717, 1.165) is 31.2 Å². The van der Waals surface area contributed by atoms with Gasteiger partial charge in [0.1, 0.15) is 16.6 Å². The van der Waals surface area contributed by atoms with E-state index in [0.29, 0.717) is 17.9 Å². The highest BCUT2D eigenvalue weighted by Gasteiger charge is 2.52. The lowest BCUT2D eigenvalue weighted by atomic mass is 9.62. The van der Waals surface area contributed by atoms with Gasteiger partial charge in [0.15, 0.2) is 11.6 Å². The van der Waals surface area contributed by atoms with Crippen LogP contribution in [0.1, 0.15) is 54.9 Å². The minimum absolute atomic E-state index is 0.0638. The van der Waals surface area contributed by atoms with Crippen LogP contribution in [0.25, 0.3) is 0 Å². The van der Waals surface area contributed by atoms with Crippen LogP contribution in [-0.4, -0.2) is 25.8 Å². The number of carbonyl (C=O) groups excluding carboxylic acids is 2. The molecule has 0 radical (unpaired) electrons. The van der Waals surface area contributed by atoms with Crippen molar-refractivity contribution in [1.82, 2.24) is 0 Å². The number of fused-ring (bicyclic) bond motifs is 2. The SMILES string of the molecule is CC1(CC2CCCC2)C(=O)C(C2=NS(=O)(=O)c3cc(N)ccc3N2)C(=O)c2ccccc21. The lowest BCUT2D eigenvalue weighted by Gasteiger charge is -2.40. The Kier molecular flexibility index (Phi) is 4.74. The smallest absolute Gasteiger partial charge is 0.286 e. The number of nitrogens with one attached hydrogen (secondary N) is 1. The number of carbonyl (C=O) groups is 2. The number of anilines is 2. The van der Waals surface area contributed by atoms with Gasteiger partial charge in [-0.25, -0.2) is 0 Å². The molecule has 2 aromatic rings. The number of rotatable bonds is 3. The molecule has 2 aliphatic carbocycles. The predicted molar refractivity (Wildman–Crippen MR) is 122 cm³/mol. The van der Waals surface area contributed by atoms with Crippen molar-refractivity contribution in [3.05, 3.63) is 53.6 Å². The molecule has 8 heteroatoms. The van der Waals surface area contributed by atoms with E-state index in [1.807, 2.05) is 19.1 Å². The summed E-state index contributed by atoms with van der Waals surface area (Å²) in [5, 5.41) is 2.95. The fourth-order valence-electron chi connectivity index (χ4n) is 5.48. The van der Waals surface area contributed by atoms with E-state index < -0.39 is 27.1 Å². The summed E-state index contributed by atoms with van der Waals surface area (Å²) in [7, 11) is -4.11. The van der Waals surface area contributed by atoms with Crippen molar-refractivity contribution in [2.24, 2.45) is 16.2 Å². The van der Waals surface area contributed by atoms with Crippen LogP contribution < -0.4 is 11.1 Å². The molecule has 32 heavy (non-hydrogen) atoms. The Labute approximate surface area is 187 Å². The lowest BCUT2D eigenvalue weighted by molar-refractivity contribution is -0.126. The maximum absolute atomic E-state index is 13.9. The van der Waals surface area contributed by atoms with Crippen LogP contribution in [0, 0.1) is 11.8 Å². The number of ketones is 2. The largest absolute Gasteiger partial charge is 0.399 e. The number of nitrogens with two attached hydrogens (primary N) is 1. The van der Waals surface area contributed by atoms with Crippen molar-refractivity contribution >= 4 is 38.8 Å². The van der Waals surface area contributed by atoms with E-state index in [-0.39, 0.29) is 27.9 Å². The van der Waals surface area contributed by atoms with Gasteiger partial charge in [-0.05, 0) is 43.0 Å². The van der Waals surface area contributed by atoms with Gasteiger partial charge in [0.25, 0.3) is 10.0 Å². The Morgan fingerprint density at radius 1 is 1.12 bits per heavy atom. The molecule has 2 unspecified atom stereocenters. The summed E-state index contributed by atoms with van der Waals surface area (Å²) in [6.07, 6.45) is 5.05. The summed E-state index contributed by atoms with van der Waals surface area (Å²) < 4.78 is 29.6. The number of amidine groups is 1. The summed E-state index contributed by atoms with van der Waals surface area (Å²) in [5.41, 5.74) is 6.59. The molecule has 2 atom stereocenters. The Hall–Kier alpha value is -3.00. The monoisotopic (exact) mass is 451 g/mol. The molecule has 0 spiro atoms. The molecular formula is C24H25N3O4S. The predicted octanol–water partition coefficient (Wildman–Crippen LogP) is 3.70. The highest BCUT2D eigenvalue weighted by atomic mass is 32.2. The van der Waals surface area contributed by atoms with Gasteiger partial charge < -0.3 is 11.1 Å². The molecule has 0 bridgehead atoms. The third-order valence-corrected chi connectivity index (χ3v) is 8.40. The van der Waals surface area contributed by atoms with Crippen molar-refractivity contribution in [3.8, 4) is 0 Å². The third kappa shape index (κ3) is 3.16. The lowest BCUT2D eigenvalue weighted by Crippen LogP contribution is -2.52. The Morgan fingerprint density at radius 2 is 1.84 bits per heavy atom. The first-order valence-corrected chi connectivity index (χ1v) is 12.3. The van der Waals surface area contributed by atoms with Gasteiger partial charge in [-0.1, -0.05) is 49.9 Å². The molecule has 5 rings (SSSR count). The van der Waals surface area contributed by atoms with Gasteiger partial charge >= 0.3 is 0 Å². The number of nitrogen functional groups attached to an aromatic ring is 1. The maximum atomic E-state index is 13.9. The zero-order valence-corrected chi connectivity index (χ0v) is 18.6. The third-order valence-electron chi connectivity index (χ3n) is 7.07. The van der Waals surface area contributed by atoms with Crippen LogP contribution in [0.2, 0.25) is 0 Å². The van der Waals surface area contributed by atoms with Gasteiger partial charge in [0, 0.05) is 11.3 Å². The molecule has 7 nitrogen and oxygen atoms in total. The second kappa shape index (κ2) is 7.27. The summed E-state index contributed by atoms with van der Waals surface area (Å²) in [5.74, 6) is -1.75. The zero-order chi connectivity index (χ0) is 22.7. The van der Waals surface area contributed by atoms with Crippen molar-refractivity contribution in [3.63, 3.8) is 0 Å². The van der Waals surface area contributed by atoms with Crippen LogP contribution in [0.5, 0.6) is 0 Å². The van der Waals surface area contributed by atoms with E-state index >= 15 is 0 Å². The Balaban J connectivity index is 1.62. The van der Waals surface area contributed by atoms with Gasteiger partial charge in [-0.15, -0.1) is 4.40 Å². The summed E-state index contributed by atoms with van der Waals surface area (Å²) in [6.45, 7) is 1.89. The highest BCUT2D eigenvalue weighted by molar-refractivity contribution is 7.90. The molecule has 3 N–H and O–H groups in total. The van der Waals surface area contributed by atoms with E-state index in [4.69, 9.17) is 5.73 Å². The Morgan fingerprint density at radius 3 is 2.59 bits per heavy atom. The minimum Gasteiger partial charge on any atom is -0.399 e. The molecule has 1 fully saturated rings. The number of nitrogens with zero attached hydrogens (tertiary/aromatic N) is 1. The first-order chi connectivity index (χ1) is 15.2. The number of sulfonamides is 1. The van der Waals surface area contributed by atoms with Crippen LogP contribution >= 0.6 is 0 Å². The van der Waals surface area contributed by atoms with Crippen molar-refractivity contribution in [1.29, 1.82) is 0 Å². The topological polar surface area (TPSA) is 119 Å². The average Bonchev–Trinajstić information content (AvgIpc) is 3.26. The second-order valence-electron chi connectivity index (χ2n) is 9.23. The van der Waals surface area contributed by atoms with Gasteiger partial charge in [0.05, 0.1) is 11.1 Å². The molecule has 0 saturated heterocycles. The summed E-state index contributed by atoms with van der Waals surface area (Å²) in [6, 6.07) is 11.6. The molecule has 1 saturated carbocycles. The Bertz CT molecular complexity index is 1280. The van der Waals surface area contributed by atoms with Gasteiger partial charge in [0.2, 0.25) is 0 Å². The number of hydrogen-bond acceptors (Lipinski definition) is 6. The van der Waals surface area contributed by atoms with E-state index in [9.17, 15) is 18.0 Å². The molecule has 1 aliphatic heterocycles. The quantitative estimate of drug-likeness (QED) is 0.543. The van der Waals surface area contributed by atoms with Crippen molar-refractivity contribution < 1.29 is 18.0 Å². The van der Waals surface area contributed by atoms with Crippen LogP contribution in [0.3, 0.4) is 0 Å². The first kappa shape index (κ1) is 20.9. The van der Waals surface area contributed by atoms with Gasteiger partial charge in [-0.3, -0.25) is 9.59 Å². The molecule has 2 aromatic carbocycles. The van der Waals surface area contributed by atoms with E-state index in [2.05, 4.69) is 9.71 Å². The zero-order valence-electron chi connectivity index (χ0n) is 17.8.